The molecule has 2 heterocycles. The summed E-state index contributed by atoms with van der Waals surface area (Å²) in [5, 5.41) is 2.97. The highest BCUT2D eigenvalue weighted by molar-refractivity contribution is 6.08. The van der Waals surface area contributed by atoms with Crippen molar-refractivity contribution in [2.24, 2.45) is 0 Å². The highest BCUT2D eigenvalue weighted by Gasteiger charge is 2.18. The van der Waals surface area contributed by atoms with Crippen LogP contribution in [0.25, 0.3) is 16.9 Å². The molecule has 0 aliphatic heterocycles. The molecule has 4 aromatic rings. The molecule has 0 amide bonds. The predicted molar refractivity (Wildman–Crippen MR) is 111 cm³/mol. The van der Waals surface area contributed by atoms with Crippen molar-refractivity contribution in [1.29, 1.82) is 0 Å². The first-order chi connectivity index (χ1) is 14.2. The highest BCUT2D eigenvalue weighted by Crippen LogP contribution is 2.27. The topological polar surface area (TPSA) is 55.6 Å². The number of nitrogens with zero attached hydrogens (tertiary/aromatic N) is 2. The minimum atomic E-state index is -0.314. The number of anilines is 1. The Labute approximate surface area is 167 Å². The van der Waals surface area contributed by atoms with Gasteiger partial charge in [0, 0.05) is 29.7 Å². The quantitative estimate of drug-likeness (QED) is 0.375. The molecular weight excluding hydrogens is 369 g/mol. The lowest BCUT2D eigenvalue weighted by Crippen LogP contribution is -2.03. The summed E-state index contributed by atoms with van der Waals surface area (Å²) < 4.78 is 20.0. The molecule has 0 radical (unpaired) electrons. The number of hydrogen-bond acceptors (Lipinski definition) is 4. The molecule has 2 aromatic carbocycles. The van der Waals surface area contributed by atoms with Crippen molar-refractivity contribution < 1.29 is 13.9 Å². The number of nitrogens with one attached hydrogen (secondary N) is 1. The summed E-state index contributed by atoms with van der Waals surface area (Å²) in [5.74, 6) is 0.211. The van der Waals surface area contributed by atoms with Crippen molar-refractivity contribution in [3.05, 3.63) is 96.7 Å². The number of fused-ring (bicyclic) bond motifs is 1. The Balaban J connectivity index is 1.68. The number of carbonyl (C=O) groups is 1. The van der Waals surface area contributed by atoms with Gasteiger partial charge in [0.25, 0.3) is 0 Å². The first-order valence-corrected chi connectivity index (χ1v) is 9.00. The van der Waals surface area contributed by atoms with E-state index in [2.05, 4.69) is 10.3 Å². The first-order valence-electron chi connectivity index (χ1n) is 9.00. The van der Waals surface area contributed by atoms with Crippen LogP contribution in [0.4, 0.5) is 10.1 Å². The number of pyridine rings is 1. The van der Waals surface area contributed by atoms with Gasteiger partial charge in [-0.2, -0.15) is 0 Å². The first kappa shape index (κ1) is 18.4. The lowest BCUT2D eigenvalue weighted by Gasteiger charge is -2.04. The normalized spacial score (nSPS) is 11.1. The van der Waals surface area contributed by atoms with Crippen LogP contribution in [-0.4, -0.2) is 22.3 Å². The van der Waals surface area contributed by atoms with E-state index in [4.69, 9.17) is 4.74 Å². The molecule has 2 aromatic heterocycles. The van der Waals surface area contributed by atoms with E-state index in [9.17, 15) is 9.18 Å². The third kappa shape index (κ3) is 3.87. The molecule has 0 aliphatic carbocycles. The standard InChI is InChI=1S/C23H18FN3O2/c1-29-19-11-5-16(6-12-19)22-23(27-15-3-2-4-21(27)26-22)20(28)13-14-25-18-9-7-17(24)8-10-18/h2-15,25H,1H3/b14-13-. The van der Waals surface area contributed by atoms with Gasteiger partial charge in [0.05, 0.1) is 7.11 Å². The maximum absolute atomic E-state index is 13.0. The molecular formula is C23H18FN3O2. The van der Waals surface area contributed by atoms with Gasteiger partial charge in [0.2, 0.25) is 5.78 Å². The molecule has 0 bridgehead atoms. The van der Waals surface area contributed by atoms with Crippen LogP contribution in [0.1, 0.15) is 10.5 Å². The molecule has 1 N–H and O–H groups in total. The van der Waals surface area contributed by atoms with Crippen LogP contribution >= 0.6 is 0 Å². The molecule has 0 aliphatic rings. The van der Waals surface area contributed by atoms with Crippen molar-refractivity contribution in [1.82, 2.24) is 9.38 Å². The number of aromatic nitrogens is 2. The fraction of sp³-hybridized carbons (Fsp3) is 0.0435. The number of ketones is 1. The summed E-state index contributed by atoms with van der Waals surface area (Å²) in [6.45, 7) is 0. The summed E-state index contributed by atoms with van der Waals surface area (Å²) >= 11 is 0. The smallest absolute Gasteiger partial charge is 0.206 e. The van der Waals surface area contributed by atoms with Crippen molar-refractivity contribution in [2.45, 2.75) is 0 Å². The van der Waals surface area contributed by atoms with Crippen LogP contribution < -0.4 is 10.1 Å². The fourth-order valence-electron chi connectivity index (χ4n) is 3.02. The van der Waals surface area contributed by atoms with Crippen molar-refractivity contribution in [2.75, 3.05) is 12.4 Å². The molecule has 0 saturated heterocycles. The van der Waals surface area contributed by atoms with Gasteiger partial charge in [-0.05, 0) is 60.7 Å². The summed E-state index contributed by atoms with van der Waals surface area (Å²) in [6, 6.07) is 18.9. The van der Waals surface area contributed by atoms with E-state index in [1.54, 1.807) is 23.6 Å². The van der Waals surface area contributed by atoms with Gasteiger partial charge in [-0.15, -0.1) is 0 Å². The average molecular weight is 387 g/mol. The van der Waals surface area contributed by atoms with Gasteiger partial charge >= 0.3 is 0 Å². The largest absolute Gasteiger partial charge is 0.497 e. The molecule has 0 atom stereocenters. The Hall–Kier alpha value is -3.93. The van der Waals surface area contributed by atoms with E-state index in [0.29, 0.717) is 22.7 Å². The number of methoxy groups -OCH3 is 1. The maximum Gasteiger partial charge on any atom is 0.206 e. The summed E-state index contributed by atoms with van der Waals surface area (Å²) in [5.41, 5.74) is 3.24. The Bertz CT molecular complexity index is 1180. The number of carbonyl (C=O) groups excluding carboxylic acids is 1. The van der Waals surface area contributed by atoms with Crippen molar-refractivity contribution >= 4 is 17.1 Å². The molecule has 0 fully saturated rings. The van der Waals surface area contributed by atoms with E-state index in [1.165, 1.54) is 24.4 Å². The number of benzene rings is 2. The molecule has 144 valence electrons. The number of rotatable bonds is 6. The van der Waals surface area contributed by atoms with Gasteiger partial charge in [0.1, 0.15) is 28.6 Å². The molecule has 6 heteroatoms. The van der Waals surface area contributed by atoms with Crippen LogP contribution in [0.15, 0.2) is 85.2 Å². The molecule has 0 saturated carbocycles. The molecule has 0 unspecified atom stereocenters. The number of imidazole rings is 1. The number of halogens is 1. The second-order valence-electron chi connectivity index (χ2n) is 6.32. The minimum absolute atomic E-state index is 0.205. The zero-order valence-electron chi connectivity index (χ0n) is 15.7. The van der Waals surface area contributed by atoms with Gasteiger partial charge in [-0.25, -0.2) is 9.37 Å². The molecule has 0 spiro atoms. The Morgan fingerprint density at radius 3 is 2.55 bits per heavy atom. The highest BCUT2D eigenvalue weighted by atomic mass is 19.1. The van der Waals surface area contributed by atoms with Crippen molar-refractivity contribution in [3.63, 3.8) is 0 Å². The van der Waals surface area contributed by atoms with Crippen LogP contribution in [0.3, 0.4) is 0 Å². The van der Waals surface area contributed by atoms with Crippen LogP contribution in [0, 0.1) is 5.82 Å². The van der Waals surface area contributed by atoms with Crippen molar-refractivity contribution in [3.8, 4) is 17.0 Å². The Morgan fingerprint density at radius 1 is 1.07 bits per heavy atom. The van der Waals surface area contributed by atoms with Crippen LogP contribution in [0.5, 0.6) is 5.75 Å². The zero-order chi connectivity index (χ0) is 20.2. The minimum Gasteiger partial charge on any atom is -0.497 e. The monoisotopic (exact) mass is 387 g/mol. The second kappa shape index (κ2) is 7.98. The van der Waals surface area contributed by atoms with Crippen LogP contribution in [0.2, 0.25) is 0 Å². The van der Waals surface area contributed by atoms with Gasteiger partial charge in [-0.3, -0.25) is 9.20 Å². The lowest BCUT2D eigenvalue weighted by molar-refractivity contribution is 0.104. The molecule has 4 rings (SSSR count). The third-order valence-electron chi connectivity index (χ3n) is 4.46. The average Bonchev–Trinajstić information content (AvgIpc) is 3.15. The van der Waals surface area contributed by atoms with E-state index in [-0.39, 0.29) is 11.6 Å². The SMILES string of the molecule is COc1ccc(-c2nc3ccccn3c2C(=O)/C=C\Nc2ccc(F)cc2)cc1. The third-order valence-corrected chi connectivity index (χ3v) is 4.46. The van der Waals surface area contributed by atoms with Gasteiger partial charge in [-0.1, -0.05) is 6.07 Å². The van der Waals surface area contributed by atoms with E-state index in [0.717, 1.165) is 11.3 Å². The fourth-order valence-corrected chi connectivity index (χ4v) is 3.02. The van der Waals surface area contributed by atoms with Gasteiger partial charge < -0.3 is 10.1 Å². The van der Waals surface area contributed by atoms with Crippen LogP contribution in [-0.2, 0) is 0 Å². The Morgan fingerprint density at radius 2 is 1.83 bits per heavy atom. The summed E-state index contributed by atoms with van der Waals surface area (Å²) in [4.78, 5) is 17.6. The number of allylic oxidation sites excluding steroid dienone is 1. The summed E-state index contributed by atoms with van der Waals surface area (Å²) in [6.07, 6.45) is 4.78. The maximum atomic E-state index is 13.0. The van der Waals surface area contributed by atoms with E-state index >= 15 is 0 Å². The van der Waals surface area contributed by atoms with E-state index in [1.807, 2.05) is 48.7 Å². The van der Waals surface area contributed by atoms with Gasteiger partial charge in [0.15, 0.2) is 0 Å². The predicted octanol–water partition coefficient (Wildman–Crippen LogP) is 4.96. The number of ether oxygens (including phenoxy) is 1. The molecule has 29 heavy (non-hydrogen) atoms. The Kier molecular flexibility index (Phi) is 5.07. The second-order valence-corrected chi connectivity index (χ2v) is 6.32. The lowest BCUT2D eigenvalue weighted by atomic mass is 10.1. The summed E-state index contributed by atoms with van der Waals surface area (Å²) in [7, 11) is 1.60. The molecule has 5 nitrogen and oxygen atoms in total. The zero-order valence-corrected chi connectivity index (χ0v) is 15.7. The van der Waals surface area contributed by atoms with E-state index < -0.39 is 0 Å². The number of hydrogen-bond donors (Lipinski definition) is 1.